The molecule has 0 saturated carbocycles. The van der Waals surface area contributed by atoms with E-state index in [1.165, 1.54) is 6.07 Å². The number of amides is 1. The van der Waals surface area contributed by atoms with Crippen LogP contribution in [0.3, 0.4) is 0 Å². The molecule has 37 heavy (non-hydrogen) atoms. The van der Waals surface area contributed by atoms with Gasteiger partial charge < -0.3 is 20.5 Å². The Kier molecular flexibility index (Phi) is 9.66. The number of carbonyl (C=O) groups is 1. The molecule has 0 radical (unpaired) electrons. The molecule has 0 spiro atoms. The number of rotatable bonds is 12. The summed E-state index contributed by atoms with van der Waals surface area (Å²) in [5.41, 5.74) is 2.33. The molecule has 0 saturated heterocycles. The Balaban J connectivity index is 1.24. The molecule has 198 valence electrons. The standard InChI is InChI=1S/C28H34ClF2N5O/c1-2-6-26(34-22-10-9-19-13-21(30)14-25(31)23(19)15-22)28(37)35-27-17-36(18-33-27)12-5-11-32-16-20-7-3-4-8-24(20)29/h3-4,7-8,13-14,17-18,22,26,32,34H,2,5-6,9-12,15-16H2,1H3,(H,35,37)/t22?,26-/m0/s1. The van der Waals surface area contributed by atoms with Gasteiger partial charge in [-0.3, -0.25) is 4.79 Å². The monoisotopic (exact) mass is 529 g/mol. The van der Waals surface area contributed by atoms with E-state index in [2.05, 4.69) is 20.9 Å². The second-order valence-corrected chi connectivity index (χ2v) is 9.99. The minimum absolute atomic E-state index is 0.0504. The summed E-state index contributed by atoms with van der Waals surface area (Å²) in [5, 5.41) is 10.5. The molecule has 1 heterocycles. The zero-order valence-electron chi connectivity index (χ0n) is 21.1. The number of nitrogens with one attached hydrogen (secondary N) is 3. The van der Waals surface area contributed by atoms with Crippen molar-refractivity contribution >= 4 is 23.3 Å². The molecule has 0 aliphatic heterocycles. The number of benzene rings is 2. The van der Waals surface area contributed by atoms with Crippen LogP contribution in [0, 0.1) is 11.6 Å². The van der Waals surface area contributed by atoms with Gasteiger partial charge in [-0.05, 0) is 67.5 Å². The molecule has 1 aliphatic rings. The highest BCUT2D eigenvalue weighted by Gasteiger charge is 2.27. The van der Waals surface area contributed by atoms with Crippen LogP contribution in [-0.4, -0.2) is 34.1 Å². The maximum Gasteiger partial charge on any atom is 0.242 e. The van der Waals surface area contributed by atoms with E-state index in [1.807, 2.05) is 42.0 Å². The average Bonchev–Trinajstić information content (AvgIpc) is 3.32. The number of anilines is 1. The molecule has 3 N–H and O–H groups in total. The van der Waals surface area contributed by atoms with Crippen molar-refractivity contribution in [3.8, 4) is 0 Å². The van der Waals surface area contributed by atoms with Crippen LogP contribution < -0.4 is 16.0 Å². The Morgan fingerprint density at radius 1 is 1.27 bits per heavy atom. The molecule has 3 aromatic rings. The number of aryl methyl sites for hydroxylation is 2. The van der Waals surface area contributed by atoms with Crippen molar-refractivity contribution in [2.45, 2.75) is 70.6 Å². The molecule has 1 unspecified atom stereocenters. The Labute approximate surface area is 221 Å². The lowest BCUT2D eigenvalue weighted by Gasteiger charge is -2.29. The van der Waals surface area contributed by atoms with Gasteiger partial charge in [-0.1, -0.05) is 43.1 Å². The van der Waals surface area contributed by atoms with Gasteiger partial charge in [-0.2, -0.15) is 0 Å². The van der Waals surface area contributed by atoms with Gasteiger partial charge in [-0.25, -0.2) is 13.8 Å². The fourth-order valence-electron chi connectivity index (χ4n) is 4.80. The summed E-state index contributed by atoms with van der Waals surface area (Å²) in [7, 11) is 0. The number of hydrogen-bond donors (Lipinski definition) is 3. The third-order valence-corrected chi connectivity index (χ3v) is 7.09. The number of nitrogens with zero attached hydrogens (tertiary/aromatic N) is 2. The van der Waals surface area contributed by atoms with Crippen LogP contribution in [0.25, 0.3) is 0 Å². The molecular weight excluding hydrogens is 496 g/mol. The number of fused-ring (bicyclic) bond motifs is 1. The molecule has 9 heteroatoms. The van der Waals surface area contributed by atoms with E-state index in [9.17, 15) is 13.6 Å². The molecular formula is C28H34ClF2N5O. The Hall–Kier alpha value is -2.81. The van der Waals surface area contributed by atoms with E-state index in [4.69, 9.17) is 11.6 Å². The first-order valence-corrected chi connectivity index (χ1v) is 13.3. The topological polar surface area (TPSA) is 71.0 Å². The van der Waals surface area contributed by atoms with Crippen molar-refractivity contribution in [2.24, 2.45) is 0 Å². The van der Waals surface area contributed by atoms with Crippen molar-refractivity contribution in [1.82, 2.24) is 20.2 Å². The van der Waals surface area contributed by atoms with Crippen molar-refractivity contribution in [2.75, 3.05) is 11.9 Å². The van der Waals surface area contributed by atoms with Gasteiger partial charge in [0.15, 0.2) is 5.82 Å². The minimum Gasteiger partial charge on any atom is -0.335 e. The van der Waals surface area contributed by atoms with Crippen molar-refractivity contribution in [3.63, 3.8) is 0 Å². The average molecular weight is 530 g/mol. The van der Waals surface area contributed by atoms with Gasteiger partial charge in [0.25, 0.3) is 0 Å². The number of halogens is 3. The van der Waals surface area contributed by atoms with Crippen LogP contribution in [-0.2, 0) is 30.7 Å². The van der Waals surface area contributed by atoms with Crippen LogP contribution in [0.5, 0.6) is 0 Å². The summed E-state index contributed by atoms with van der Waals surface area (Å²) in [5.74, 6) is -0.701. The smallest absolute Gasteiger partial charge is 0.242 e. The highest BCUT2D eigenvalue weighted by atomic mass is 35.5. The zero-order valence-corrected chi connectivity index (χ0v) is 21.8. The third kappa shape index (κ3) is 7.60. The van der Waals surface area contributed by atoms with Crippen LogP contribution >= 0.6 is 11.6 Å². The van der Waals surface area contributed by atoms with Gasteiger partial charge in [0.1, 0.15) is 11.6 Å². The summed E-state index contributed by atoms with van der Waals surface area (Å²) in [6.45, 7) is 4.33. The van der Waals surface area contributed by atoms with Gasteiger partial charge >= 0.3 is 0 Å². The van der Waals surface area contributed by atoms with Crippen LogP contribution in [0.2, 0.25) is 5.02 Å². The maximum absolute atomic E-state index is 14.3. The molecule has 2 atom stereocenters. The Morgan fingerprint density at radius 2 is 2.11 bits per heavy atom. The lowest BCUT2D eigenvalue weighted by atomic mass is 9.87. The van der Waals surface area contributed by atoms with Gasteiger partial charge in [0.2, 0.25) is 5.91 Å². The summed E-state index contributed by atoms with van der Waals surface area (Å²) < 4.78 is 29.8. The highest BCUT2D eigenvalue weighted by molar-refractivity contribution is 6.31. The lowest BCUT2D eigenvalue weighted by molar-refractivity contribution is -0.118. The number of imidazole rings is 1. The second kappa shape index (κ2) is 13.1. The molecule has 0 fully saturated rings. The fourth-order valence-corrected chi connectivity index (χ4v) is 5.01. The van der Waals surface area contributed by atoms with Gasteiger partial charge in [0, 0.05) is 36.4 Å². The second-order valence-electron chi connectivity index (χ2n) is 9.58. The molecule has 1 amide bonds. The molecule has 6 nitrogen and oxygen atoms in total. The minimum atomic E-state index is -0.543. The van der Waals surface area contributed by atoms with Crippen molar-refractivity contribution in [1.29, 1.82) is 0 Å². The third-order valence-electron chi connectivity index (χ3n) is 6.72. The Bertz CT molecular complexity index is 1200. The van der Waals surface area contributed by atoms with Crippen molar-refractivity contribution < 1.29 is 13.6 Å². The number of aromatic nitrogens is 2. The van der Waals surface area contributed by atoms with Crippen LogP contribution in [0.15, 0.2) is 48.9 Å². The van der Waals surface area contributed by atoms with Gasteiger partial charge in [0.05, 0.1) is 12.4 Å². The van der Waals surface area contributed by atoms with E-state index in [1.54, 1.807) is 6.33 Å². The van der Waals surface area contributed by atoms with Crippen LogP contribution in [0.1, 0.15) is 49.3 Å². The SMILES string of the molecule is CCC[C@H](NC1CCc2cc(F)cc(F)c2C1)C(=O)Nc1cn(CCCNCc2ccccc2Cl)cn1. The zero-order chi connectivity index (χ0) is 26.2. The highest BCUT2D eigenvalue weighted by Crippen LogP contribution is 2.26. The summed E-state index contributed by atoms with van der Waals surface area (Å²) in [6.07, 6.45) is 7.67. The first kappa shape index (κ1) is 27.2. The van der Waals surface area contributed by atoms with Crippen LogP contribution in [0.4, 0.5) is 14.6 Å². The number of hydrogen-bond acceptors (Lipinski definition) is 4. The summed E-state index contributed by atoms with van der Waals surface area (Å²) in [4.78, 5) is 17.4. The molecule has 0 bridgehead atoms. The van der Waals surface area contributed by atoms with E-state index in [0.717, 1.165) is 54.6 Å². The maximum atomic E-state index is 14.3. The van der Waals surface area contributed by atoms with Gasteiger partial charge in [-0.15, -0.1) is 0 Å². The summed E-state index contributed by atoms with van der Waals surface area (Å²) >= 11 is 6.19. The van der Waals surface area contributed by atoms with E-state index < -0.39 is 17.7 Å². The first-order chi connectivity index (χ1) is 17.9. The largest absolute Gasteiger partial charge is 0.335 e. The van der Waals surface area contributed by atoms with Crippen molar-refractivity contribution in [3.05, 3.63) is 82.3 Å². The molecule has 1 aliphatic carbocycles. The Morgan fingerprint density at radius 3 is 2.92 bits per heavy atom. The number of carbonyl (C=O) groups excluding carboxylic acids is 1. The predicted molar refractivity (Wildman–Crippen MR) is 143 cm³/mol. The summed E-state index contributed by atoms with van der Waals surface area (Å²) in [6, 6.07) is 9.66. The predicted octanol–water partition coefficient (Wildman–Crippen LogP) is 5.25. The van der Waals surface area contributed by atoms with E-state index in [-0.39, 0.29) is 11.9 Å². The molecule has 1 aromatic heterocycles. The molecule has 2 aromatic carbocycles. The fraction of sp³-hybridized carbons (Fsp3) is 0.429. The lowest BCUT2D eigenvalue weighted by Crippen LogP contribution is -2.48. The van der Waals surface area contributed by atoms with E-state index >= 15 is 0 Å². The first-order valence-electron chi connectivity index (χ1n) is 12.9. The normalized spacial score (nSPS) is 15.8. The quantitative estimate of drug-likeness (QED) is 0.280. The molecule has 4 rings (SSSR count). The van der Waals surface area contributed by atoms with E-state index in [0.29, 0.717) is 37.2 Å².